The number of ether oxygens (including phenoxy) is 1. The number of hydrogen-bond donors (Lipinski definition) is 1. The third-order valence-electron chi connectivity index (χ3n) is 2.51. The highest BCUT2D eigenvalue weighted by Gasteiger charge is 2.16. The molecule has 2 N–H and O–H groups in total. The predicted octanol–water partition coefficient (Wildman–Crippen LogP) is 4.11. The number of nitrogen functional groups attached to an aromatic ring is 1. The Balaban J connectivity index is 2.28. The van der Waals surface area contributed by atoms with Crippen LogP contribution in [0.2, 0.25) is 10.0 Å². The second-order valence-corrected chi connectivity index (χ2v) is 4.60. The predicted molar refractivity (Wildman–Crippen MR) is 74.2 cm³/mol. The number of benzene rings is 1. The van der Waals surface area contributed by atoms with Crippen LogP contribution in [0.25, 0.3) is 0 Å². The third kappa shape index (κ3) is 2.68. The molecule has 18 heavy (non-hydrogen) atoms. The van der Waals surface area contributed by atoms with E-state index in [0.717, 1.165) is 5.56 Å². The lowest BCUT2D eigenvalue weighted by molar-refractivity contribution is 0.228. The number of halogens is 2. The molecule has 1 heterocycles. The van der Waals surface area contributed by atoms with Crippen molar-refractivity contribution in [3.63, 3.8) is 0 Å². The van der Waals surface area contributed by atoms with Gasteiger partial charge in [0.25, 0.3) is 0 Å². The largest absolute Gasteiger partial charge is 0.482 e. The number of hydrogen-bond acceptors (Lipinski definition) is 3. The maximum Gasteiger partial charge on any atom is 0.166 e. The van der Waals surface area contributed by atoms with E-state index in [0.29, 0.717) is 21.6 Å². The Labute approximate surface area is 115 Å². The summed E-state index contributed by atoms with van der Waals surface area (Å²) in [7, 11) is 0. The van der Waals surface area contributed by atoms with Gasteiger partial charge in [0.05, 0.1) is 0 Å². The van der Waals surface area contributed by atoms with E-state index in [4.69, 9.17) is 33.7 Å². The average Bonchev–Trinajstić information content (AvgIpc) is 2.32. The van der Waals surface area contributed by atoms with Gasteiger partial charge < -0.3 is 10.5 Å². The van der Waals surface area contributed by atoms with Crippen LogP contribution in [-0.2, 0) is 0 Å². The number of nitrogens with zero attached hydrogens (tertiary/aromatic N) is 1. The lowest BCUT2D eigenvalue weighted by Gasteiger charge is -2.18. The number of rotatable bonds is 3. The highest BCUT2D eigenvalue weighted by Crippen LogP contribution is 2.33. The summed E-state index contributed by atoms with van der Waals surface area (Å²) in [6, 6.07) is 8.85. The van der Waals surface area contributed by atoms with Gasteiger partial charge >= 0.3 is 0 Å². The van der Waals surface area contributed by atoms with E-state index in [1.165, 1.54) is 0 Å². The van der Waals surface area contributed by atoms with Crippen LogP contribution in [0.15, 0.2) is 36.5 Å². The summed E-state index contributed by atoms with van der Waals surface area (Å²) in [4.78, 5) is 3.96. The molecule has 2 rings (SSSR count). The summed E-state index contributed by atoms with van der Waals surface area (Å²) >= 11 is 12.2. The molecule has 0 saturated carbocycles. The van der Waals surface area contributed by atoms with E-state index in [1.807, 2.05) is 6.92 Å². The number of anilines is 1. The minimum absolute atomic E-state index is 0.308. The number of pyridine rings is 1. The summed E-state index contributed by atoms with van der Waals surface area (Å²) in [5, 5.41) is 1.13. The van der Waals surface area contributed by atoms with Gasteiger partial charge in [-0.2, -0.15) is 0 Å². The minimum Gasteiger partial charge on any atom is -0.482 e. The van der Waals surface area contributed by atoms with Crippen molar-refractivity contribution < 1.29 is 4.74 Å². The lowest BCUT2D eigenvalue weighted by atomic mass is 10.1. The molecule has 5 heteroatoms. The summed E-state index contributed by atoms with van der Waals surface area (Å²) in [6.45, 7) is 1.86. The van der Waals surface area contributed by atoms with Crippen LogP contribution < -0.4 is 10.5 Å². The molecular weight excluding hydrogens is 271 g/mol. The molecule has 1 atom stereocenters. The fourth-order valence-electron chi connectivity index (χ4n) is 1.65. The Hall–Kier alpha value is -1.45. The van der Waals surface area contributed by atoms with Crippen LogP contribution in [0.3, 0.4) is 0 Å². The molecule has 3 nitrogen and oxygen atoms in total. The number of nitrogens with two attached hydrogens (primary N) is 1. The molecule has 0 bridgehead atoms. The SMILES string of the molecule is C[C@H](Oc1cccnc1N)c1c(Cl)cccc1Cl. The Morgan fingerprint density at radius 1 is 1.17 bits per heavy atom. The molecule has 0 aliphatic rings. The maximum atomic E-state index is 6.12. The molecule has 1 aromatic heterocycles. The van der Waals surface area contributed by atoms with Gasteiger partial charge in [0, 0.05) is 21.8 Å². The van der Waals surface area contributed by atoms with Crippen LogP contribution in [0.1, 0.15) is 18.6 Å². The molecule has 2 aromatic rings. The molecule has 0 spiro atoms. The quantitative estimate of drug-likeness (QED) is 0.922. The zero-order chi connectivity index (χ0) is 13.1. The molecule has 0 unspecified atom stereocenters. The molecule has 0 aliphatic heterocycles. The van der Waals surface area contributed by atoms with Crippen molar-refractivity contribution in [2.75, 3.05) is 5.73 Å². The Bertz CT molecular complexity index is 540. The van der Waals surface area contributed by atoms with Crippen LogP contribution in [0.4, 0.5) is 5.82 Å². The van der Waals surface area contributed by atoms with Crippen molar-refractivity contribution in [3.8, 4) is 5.75 Å². The van der Waals surface area contributed by atoms with E-state index in [9.17, 15) is 0 Å². The normalized spacial score (nSPS) is 12.2. The Morgan fingerprint density at radius 2 is 1.83 bits per heavy atom. The van der Waals surface area contributed by atoms with Gasteiger partial charge in [0.1, 0.15) is 6.10 Å². The van der Waals surface area contributed by atoms with Gasteiger partial charge in [-0.05, 0) is 31.2 Å². The Morgan fingerprint density at radius 3 is 2.44 bits per heavy atom. The first-order valence-electron chi connectivity index (χ1n) is 5.40. The first-order chi connectivity index (χ1) is 8.59. The van der Waals surface area contributed by atoms with Crippen molar-refractivity contribution >= 4 is 29.0 Å². The highest BCUT2D eigenvalue weighted by molar-refractivity contribution is 6.36. The van der Waals surface area contributed by atoms with Gasteiger partial charge in [-0.25, -0.2) is 4.98 Å². The van der Waals surface area contributed by atoms with Gasteiger partial charge in [-0.3, -0.25) is 0 Å². The monoisotopic (exact) mass is 282 g/mol. The average molecular weight is 283 g/mol. The fourth-order valence-corrected chi connectivity index (χ4v) is 2.36. The lowest BCUT2D eigenvalue weighted by Crippen LogP contribution is -2.06. The summed E-state index contributed by atoms with van der Waals surface area (Å²) in [5.74, 6) is 0.855. The number of aromatic nitrogens is 1. The molecule has 0 amide bonds. The summed E-state index contributed by atoms with van der Waals surface area (Å²) in [5.41, 5.74) is 6.46. The highest BCUT2D eigenvalue weighted by atomic mass is 35.5. The van der Waals surface area contributed by atoms with Crippen LogP contribution >= 0.6 is 23.2 Å². The van der Waals surface area contributed by atoms with E-state index in [1.54, 1.807) is 36.5 Å². The van der Waals surface area contributed by atoms with E-state index in [2.05, 4.69) is 4.98 Å². The minimum atomic E-state index is -0.308. The van der Waals surface area contributed by atoms with Crippen molar-refractivity contribution in [3.05, 3.63) is 52.1 Å². The van der Waals surface area contributed by atoms with Crippen molar-refractivity contribution in [1.82, 2.24) is 4.98 Å². The topological polar surface area (TPSA) is 48.1 Å². The van der Waals surface area contributed by atoms with Gasteiger partial charge in [-0.15, -0.1) is 0 Å². The van der Waals surface area contributed by atoms with Crippen molar-refractivity contribution in [1.29, 1.82) is 0 Å². The molecule has 0 fully saturated rings. The van der Waals surface area contributed by atoms with Gasteiger partial charge in [-0.1, -0.05) is 29.3 Å². The van der Waals surface area contributed by atoms with E-state index < -0.39 is 0 Å². The zero-order valence-corrected chi connectivity index (χ0v) is 11.2. The van der Waals surface area contributed by atoms with E-state index in [-0.39, 0.29) is 6.10 Å². The molecule has 94 valence electrons. The zero-order valence-electron chi connectivity index (χ0n) is 9.73. The van der Waals surface area contributed by atoms with E-state index >= 15 is 0 Å². The van der Waals surface area contributed by atoms with Gasteiger partial charge in [0.2, 0.25) is 0 Å². The van der Waals surface area contributed by atoms with Crippen molar-refractivity contribution in [2.45, 2.75) is 13.0 Å². The standard InChI is InChI=1S/C13H12Cl2N2O/c1-8(12-9(14)4-2-5-10(12)15)18-11-6-3-7-17-13(11)16/h2-8H,1H3,(H2,16,17)/t8-/m0/s1. The first kappa shape index (κ1) is 13.0. The van der Waals surface area contributed by atoms with Gasteiger partial charge in [0.15, 0.2) is 11.6 Å². The second-order valence-electron chi connectivity index (χ2n) is 3.78. The molecule has 0 saturated heterocycles. The van der Waals surface area contributed by atoms with Crippen molar-refractivity contribution in [2.24, 2.45) is 0 Å². The van der Waals surface area contributed by atoms with Crippen LogP contribution in [0.5, 0.6) is 5.75 Å². The summed E-state index contributed by atoms with van der Waals surface area (Å²) < 4.78 is 5.74. The third-order valence-corrected chi connectivity index (χ3v) is 3.17. The summed E-state index contributed by atoms with van der Waals surface area (Å²) in [6.07, 6.45) is 1.30. The van der Waals surface area contributed by atoms with Crippen LogP contribution in [-0.4, -0.2) is 4.98 Å². The molecule has 1 aromatic carbocycles. The Kier molecular flexibility index (Phi) is 3.94. The molecule has 0 radical (unpaired) electrons. The first-order valence-corrected chi connectivity index (χ1v) is 6.16. The fraction of sp³-hybridized carbons (Fsp3) is 0.154. The maximum absolute atomic E-state index is 6.12. The second kappa shape index (κ2) is 5.46. The molecule has 0 aliphatic carbocycles. The van der Waals surface area contributed by atoms with Crippen LogP contribution in [0, 0.1) is 0 Å². The smallest absolute Gasteiger partial charge is 0.166 e. The molecular formula is C13H12Cl2N2O.